The molecule has 2 aliphatic rings. The van der Waals surface area contributed by atoms with Gasteiger partial charge in [0.2, 0.25) is 0 Å². The summed E-state index contributed by atoms with van der Waals surface area (Å²) in [5, 5.41) is 10.5. The number of aromatic nitrogens is 1. The number of carbonyl (C=O) groups excluding carboxylic acids is 2. The van der Waals surface area contributed by atoms with Gasteiger partial charge in [-0.25, -0.2) is 4.98 Å². The van der Waals surface area contributed by atoms with Crippen molar-refractivity contribution in [3.63, 3.8) is 0 Å². The first-order valence-corrected chi connectivity index (χ1v) is 11.1. The number of hydrogen-bond acceptors (Lipinski definition) is 5. The average Bonchev–Trinajstić information content (AvgIpc) is 3.34. The van der Waals surface area contributed by atoms with Crippen molar-refractivity contribution in [3.05, 3.63) is 52.5 Å². The third-order valence-corrected chi connectivity index (χ3v) is 6.96. The van der Waals surface area contributed by atoms with E-state index >= 15 is 0 Å². The van der Waals surface area contributed by atoms with Crippen LogP contribution in [0.4, 0.5) is 0 Å². The van der Waals surface area contributed by atoms with Crippen LogP contribution in [0.15, 0.2) is 41.9 Å². The van der Waals surface area contributed by atoms with Crippen molar-refractivity contribution in [2.45, 2.75) is 18.4 Å². The van der Waals surface area contributed by atoms with Crippen LogP contribution < -0.4 is 0 Å². The average molecular weight is 442 g/mol. The van der Waals surface area contributed by atoms with E-state index in [0.29, 0.717) is 49.6 Å². The predicted octanol–water partition coefficient (Wildman–Crippen LogP) is 3.43. The lowest BCUT2D eigenvalue weighted by Gasteiger charge is -2.35. The normalized spacial score (nSPS) is 17.9. The highest BCUT2D eigenvalue weighted by Crippen LogP contribution is 2.37. The number of piperazine rings is 1. The lowest BCUT2D eigenvalue weighted by atomic mass is 10.0. The Morgan fingerprint density at radius 3 is 2.47 bits per heavy atom. The van der Waals surface area contributed by atoms with Crippen LogP contribution in [-0.4, -0.2) is 63.5 Å². The first-order valence-electron chi connectivity index (χ1n) is 9.89. The second-order valence-electron chi connectivity index (χ2n) is 7.85. The maximum absolute atomic E-state index is 12.9. The largest absolute Gasteiger partial charge is 0.380 e. The molecule has 8 heteroatoms. The van der Waals surface area contributed by atoms with Gasteiger partial charge >= 0.3 is 0 Å². The van der Waals surface area contributed by atoms with E-state index in [9.17, 15) is 14.7 Å². The van der Waals surface area contributed by atoms with Crippen LogP contribution in [0, 0.1) is 0 Å². The molecule has 0 bridgehead atoms. The first kappa shape index (κ1) is 19.5. The highest BCUT2D eigenvalue weighted by Gasteiger charge is 2.50. The fraction of sp³-hybridized carbons (Fsp3) is 0.318. The molecular weight excluding hydrogens is 422 g/mol. The second kappa shape index (κ2) is 7.34. The SMILES string of the molecule is O=C(c1ccc(-c2ccc3scnc3c2)c(Cl)c1)N1CCN(C(=O)C2(O)CC2)CC1. The van der Waals surface area contributed by atoms with Gasteiger partial charge in [-0.1, -0.05) is 23.7 Å². The number of rotatable bonds is 3. The molecule has 0 radical (unpaired) electrons. The topological polar surface area (TPSA) is 73.7 Å². The van der Waals surface area contributed by atoms with Gasteiger partial charge in [0.15, 0.2) is 0 Å². The highest BCUT2D eigenvalue weighted by molar-refractivity contribution is 7.16. The Bertz CT molecular complexity index is 1150. The zero-order valence-electron chi connectivity index (χ0n) is 16.2. The summed E-state index contributed by atoms with van der Waals surface area (Å²) in [7, 11) is 0. The van der Waals surface area contributed by atoms with E-state index in [4.69, 9.17) is 11.6 Å². The molecule has 3 aromatic rings. The molecule has 0 spiro atoms. The number of benzene rings is 2. The quantitative estimate of drug-likeness (QED) is 0.675. The van der Waals surface area contributed by atoms with Crippen LogP contribution in [0.1, 0.15) is 23.2 Å². The molecule has 1 aliphatic carbocycles. The Morgan fingerprint density at radius 1 is 1.03 bits per heavy atom. The third-order valence-electron chi connectivity index (χ3n) is 5.83. The molecule has 5 rings (SSSR count). The Hall–Kier alpha value is -2.48. The summed E-state index contributed by atoms with van der Waals surface area (Å²) in [6.45, 7) is 1.76. The zero-order chi connectivity index (χ0) is 20.9. The molecule has 1 aromatic heterocycles. The van der Waals surface area contributed by atoms with Gasteiger partial charge in [0.25, 0.3) is 11.8 Å². The van der Waals surface area contributed by atoms with Gasteiger partial charge in [0, 0.05) is 42.3 Å². The minimum Gasteiger partial charge on any atom is -0.380 e. The van der Waals surface area contributed by atoms with Crippen LogP contribution in [0.5, 0.6) is 0 Å². The molecule has 154 valence electrons. The first-order chi connectivity index (χ1) is 14.4. The van der Waals surface area contributed by atoms with Gasteiger partial charge in [0.05, 0.1) is 15.7 Å². The summed E-state index contributed by atoms with van der Waals surface area (Å²) in [5.41, 5.74) is 3.93. The molecule has 2 aromatic carbocycles. The van der Waals surface area contributed by atoms with Crippen LogP contribution in [0.25, 0.3) is 21.3 Å². The number of hydrogen-bond donors (Lipinski definition) is 1. The fourth-order valence-corrected chi connectivity index (χ4v) is 4.78. The maximum Gasteiger partial charge on any atom is 0.254 e. The zero-order valence-corrected chi connectivity index (χ0v) is 17.7. The van der Waals surface area contributed by atoms with Crippen molar-refractivity contribution >= 4 is 45.0 Å². The number of fused-ring (bicyclic) bond motifs is 1. The van der Waals surface area contributed by atoms with E-state index in [0.717, 1.165) is 21.3 Å². The van der Waals surface area contributed by atoms with Gasteiger partial charge in [0.1, 0.15) is 5.60 Å². The van der Waals surface area contributed by atoms with Crippen molar-refractivity contribution in [1.29, 1.82) is 0 Å². The number of thiazole rings is 1. The monoisotopic (exact) mass is 441 g/mol. The number of aliphatic hydroxyl groups is 1. The summed E-state index contributed by atoms with van der Waals surface area (Å²) >= 11 is 8.12. The Morgan fingerprint density at radius 2 is 1.77 bits per heavy atom. The predicted molar refractivity (Wildman–Crippen MR) is 117 cm³/mol. The summed E-state index contributed by atoms with van der Waals surface area (Å²) in [5.74, 6) is -0.310. The molecule has 1 saturated heterocycles. The lowest BCUT2D eigenvalue weighted by Crippen LogP contribution is -2.53. The van der Waals surface area contributed by atoms with E-state index in [2.05, 4.69) is 4.98 Å². The van der Waals surface area contributed by atoms with Crippen molar-refractivity contribution in [2.24, 2.45) is 0 Å². The van der Waals surface area contributed by atoms with Crippen LogP contribution in [0.2, 0.25) is 5.02 Å². The molecule has 0 atom stereocenters. The molecule has 0 unspecified atom stereocenters. The van der Waals surface area contributed by atoms with E-state index in [1.54, 1.807) is 33.3 Å². The van der Waals surface area contributed by atoms with Crippen LogP contribution in [0.3, 0.4) is 0 Å². The smallest absolute Gasteiger partial charge is 0.254 e. The van der Waals surface area contributed by atoms with Crippen molar-refractivity contribution in [3.8, 4) is 11.1 Å². The van der Waals surface area contributed by atoms with Crippen LogP contribution in [-0.2, 0) is 4.79 Å². The maximum atomic E-state index is 12.9. The number of halogens is 1. The summed E-state index contributed by atoms with van der Waals surface area (Å²) < 4.78 is 1.12. The molecular formula is C22H20ClN3O3S. The Labute approximate surface area is 182 Å². The van der Waals surface area contributed by atoms with Crippen molar-refractivity contribution in [1.82, 2.24) is 14.8 Å². The molecule has 2 heterocycles. The van der Waals surface area contributed by atoms with Gasteiger partial charge < -0.3 is 14.9 Å². The van der Waals surface area contributed by atoms with Crippen molar-refractivity contribution in [2.75, 3.05) is 26.2 Å². The number of nitrogens with zero attached hydrogens (tertiary/aromatic N) is 3. The van der Waals surface area contributed by atoms with E-state index in [1.165, 1.54) is 0 Å². The standard InChI is InChI=1S/C22H20ClN3O3S/c23-17-11-15(1-3-16(17)14-2-4-19-18(12-14)24-13-30-19)20(27)25-7-9-26(10-8-25)21(28)22(29)5-6-22/h1-4,11-13,29H,5-10H2. The minimum absolute atomic E-state index is 0.101. The molecule has 2 fully saturated rings. The third kappa shape index (κ3) is 3.47. The Kier molecular flexibility index (Phi) is 4.76. The van der Waals surface area contributed by atoms with Gasteiger partial charge in [-0.15, -0.1) is 11.3 Å². The number of carbonyl (C=O) groups is 2. The highest BCUT2D eigenvalue weighted by atomic mass is 35.5. The van der Waals surface area contributed by atoms with E-state index < -0.39 is 5.60 Å². The molecule has 1 N–H and O–H groups in total. The fourth-order valence-electron chi connectivity index (χ4n) is 3.83. The van der Waals surface area contributed by atoms with Gasteiger partial charge in [-0.2, -0.15) is 0 Å². The van der Waals surface area contributed by atoms with Gasteiger partial charge in [-0.05, 0) is 42.7 Å². The van der Waals surface area contributed by atoms with Gasteiger partial charge in [-0.3, -0.25) is 9.59 Å². The molecule has 1 saturated carbocycles. The summed E-state index contributed by atoms with van der Waals surface area (Å²) in [6.07, 6.45) is 1.07. The number of amides is 2. The lowest BCUT2D eigenvalue weighted by molar-refractivity contribution is -0.143. The van der Waals surface area contributed by atoms with Crippen LogP contribution >= 0.6 is 22.9 Å². The molecule has 30 heavy (non-hydrogen) atoms. The second-order valence-corrected chi connectivity index (χ2v) is 9.14. The minimum atomic E-state index is -1.16. The molecule has 2 amide bonds. The van der Waals surface area contributed by atoms with E-state index in [-0.39, 0.29) is 11.8 Å². The Balaban J connectivity index is 1.29. The summed E-state index contributed by atoms with van der Waals surface area (Å²) in [6, 6.07) is 11.4. The molecule has 1 aliphatic heterocycles. The summed E-state index contributed by atoms with van der Waals surface area (Å²) in [4.78, 5) is 32.9. The molecule has 6 nitrogen and oxygen atoms in total. The van der Waals surface area contributed by atoms with Crippen molar-refractivity contribution < 1.29 is 14.7 Å². The van der Waals surface area contributed by atoms with E-state index in [1.807, 2.05) is 29.8 Å².